The maximum absolute atomic E-state index is 14.8. The number of rotatable bonds is 6. The van der Waals surface area contributed by atoms with Crippen LogP contribution in [0.4, 0.5) is 10.2 Å². The molecular weight excluding hydrogens is 409 g/mol. The van der Waals surface area contributed by atoms with Gasteiger partial charge in [-0.1, -0.05) is 6.42 Å². The molecule has 2 aromatic rings. The van der Waals surface area contributed by atoms with E-state index in [1.54, 1.807) is 6.92 Å². The Kier molecular flexibility index (Phi) is 6.16. The van der Waals surface area contributed by atoms with Gasteiger partial charge in [-0.15, -0.1) is 0 Å². The fourth-order valence-electron chi connectivity index (χ4n) is 4.27. The molecule has 2 heterocycles. The lowest BCUT2D eigenvalue weighted by molar-refractivity contribution is 0.0636. The quantitative estimate of drug-likeness (QED) is 0.640. The Labute approximate surface area is 175 Å². The summed E-state index contributed by atoms with van der Waals surface area (Å²) < 4.78 is 48.6. The van der Waals surface area contributed by atoms with Crippen LogP contribution in [0.3, 0.4) is 0 Å². The van der Waals surface area contributed by atoms with Gasteiger partial charge in [0, 0.05) is 31.3 Å². The molecule has 8 nitrogen and oxygen atoms in total. The highest BCUT2D eigenvalue weighted by molar-refractivity contribution is 7.92. The largest absolute Gasteiger partial charge is 0.490 e. The molecule has 1 aliphatic carbocycles. The highest BCUT2D eigenvalue weighted by atomic mass is 32.2. The van der Waals surface area contributed by atoms with Gasteiger partial charge in [-0.05, 0) is 49.8 Å². The molecule has 4 rings (SSSR count). The van der Waals surface area contributed by atoms with Crippen LogP contribution in [0.2, 0.25) is 0 Å². The molecule has 0 radical (unpaired) electrons. The number of nitrogens with zero attached hydrogens (tertiary/aromatic N) is 2. The molecule has 0 amide bonds. The molecule has 1 saturated carbocycles. The van der Waals surface area contributed by atoms with Crippen molar-refractivity contribution in [3.63, 3.8) is 0 Å². The summed E-state index contributed by atoms with van der Waals surface area (Å²) in [6, 6.07) is 3.89. The van der Waals surface area contributed by atoms with Crippen molar-refractivity contribution in [2.75, 3.05) is 17.8 Å². The normalized spacial score (nSPS) is 22.7. The third-order valence-corrected chi connectivity index (χ3v) is 7.20. The lowest BCUT2D eigenvalue weighted by atomic mass is 9.78. The molecule has 2 aliphatic rings. The van der Waals surface area contributed by atoms with Gasteiger partial charge in [0.05, 0.1) is 0 Å². The number of hydrazine groups is 1. The number of hydrogen-bond acceptors (Lipinski definition) is 7. The minimum absolute atomic E-state index is 0.00912. The summed E-state index contributed by atoms with van der Waals surface area (Å²) in [6.45, 7) is 3.52. The van der Waals surface area contributed by atoms with E-state index < -0.39 is 20.7 Å². The standard InChI is InChI=1S/C20H26FN5O3S/c1-13-8-19(30(27,28)26-20-6-7-22-12-23-20)16(21)9-18(13)29-17-5-3-2-4-15(17)14-10-24-25-11-14/h6-9,12,14-15,17,24-25H,2-5,10-11H2,1H3,(H,22,23,26)/t15-,17+/m0/s1. The number of halogens is 1. The lowest BCUT2D eigenvalue weighted by Gasteiger charge is -2.35. The van der Waals surface area contributed by atoms with E-state index in [9.17, 15) is 12.8 Å². The Bertz CT molecular complexity index is 983. The van der Waals surface area contributed by atoms with Gasteiger partial charge in [0.1, 0.15) is 34.7 Å². The highest BCUT2D eigenvalue weighted by Gasteiger charge is 2.35. The predicted molar refractivity (Wildman–Crippen MR) is 110 cm³/mol. The molecule has 1 saturated heterocycles. The monoisotopic (exact) mass is 435 g/mol. The van der Waals surface area contributed by atoms with Gasteiger partial charge in [0.25, 0.3) is 10.0 Å². The number of hydrogen-bond donors (Lipinski definition) is 3. The maximum atomic E-state index is 14.8. The predicted octanol–water partition coefficient (Wildman–Crippen LogP) is 2.39. The fourth-order valence-corrected chi connectivity index (χ4v) is 5.42. The Morgan fingerprint density at radius 1 is 1.20 bits per heavy atom. The first-order valence-electron chi connectivity index (χ1n) is 10.2. The summed E-state index contributed by atoms with van der Waals surface area (Å²) in [6.07, 6.45) is 6.84. The molecule has 3 N–H and O–H groups in total. The average molecular weight is 436 g/mol. The Balaban J connectivity index is 1.55. The first-order valence-corrected chi connectivity index (χ1v) is 11.6. The number of nitrogens with one attached hydrogen (secondary N) is 3. The first kappa shape index (κ1) is 21.0. The van der Waals surface area contributed by atoms with Crippen LogP contribution in [-0.2, 0) is 10.0 Å². The minimum atomic E-state index is -4.13. The molecule has 1 aromatic heterocycles. The van der Waals surface area contributed by atoms with Gasteiger partial charge in [0.2, 0.25) is 0 Å². The van der Waals surface area contributed by atoms with E-state index in [1.165, 1.54) is 37.1 Å². The zero-order valence-electron chi connectivity index (χ0n) is 16.8. The summed E-state index contributed by atoms with van der Waals surface area (Å²) in [7, 11) is -4.13. The molecule has 1 aliphatic heterocycles. The van der Waals surface area contributed by atoms with E-state index in [0.717, 1.165) is 32.4 Å². The third-order valence-electron chi connectivity index (χ3n) is 5.83. The van der Waals surface area contributed by atoms with Crippen LogP contribution >= 0.6 is 0 Å². The van der Waals surface area contributed by atoms with Gasteiger partial charge < -0.3 is 4.74 Å². The van der Waals surface area contributed by atoms with Crippen molar-refractivity contribution in [1.82, 2.24) is 20.8 Å². The summed E-state index contributed by atoms with van der Waals surface area (Å²) >= 11 is 0. The van der Waals surface area contributed by atoms with E-state index in [2.05, 4.69) is 25.5 Å². The smallest absolute Gasteiger partial charge is 0.265 e. The topological polar surface area (TPSA) is 105 Å². The van der Waals surface area contributed by atoms with Crippen LogP contribution in [0.25, 0.3) is 0 Å². The van der Waals surface area contributed by atoms with Crippen LogP contribution in [-0.4, -0.2) is 37.6 Å². The fraction of sp³-hybridized carbons (Fsp3) is 0.500. The second kappa shape index (κ2) is 8.83. The molecule has 2 atom stereocenters. The van der Waals surface area contributed by atoms with Gasteiger partial charge in [0.15, 0.2) is 0 Å². The highest BCUT2D eigenvalue weighted by Crippen LogP contribution is 2.36. The van der Waals surface area contributed by atoms with Crippen LogP contribution in [0.5, 0.6) is 5.75 Å². The van der Waals surface area contributed by atoms with Crippen LogP contribution in [0, 0.1) is 24.6 Å². The zero-order chi connectivity index (χ0) is 21.1. The van der Waals surface area contributed by atoms with Crippen molar-refractivity contribution in [3.05, 3.63) is 42.1 Å². The Hall–Kier alpha value is -2.30. The molecule has 0 spiro atoms. The van der Waals surface area contributed by atoms with Crippen molar-refractivity contribution < 1.29 is 17.5 Å². The molecule has 162 valence electrons. The maximum Gasteiger partial charge on any atom is 0.265 e. The van der Waals surface area contributed by atoms with Crippen molar-refractivity contribution >= 4 is 15.8 Å². The van der Waals surface area contributed by atoms with Gasteiger partial charge >= 0.3 is 0 Å². The van der Waals surface area contributed by atoms with Crippen molar-refractivity contribution in [2.24, 2.45) is 11.8 Å². The molecule has 2 fully saturated rings. The van der Waals surface area contributed by atoms with E-state index >= 15 is 0 Å². The van der Waals surface area contributed by atoms with E-state index in [-0.39, 0.29) is 11.9 Å². The summed E-state index contributed by atoms with van der Waals surface area (Å²) in [5.74, 6) is 0.466. The summed E-state index contributed by atoms with van der Waals surface area (Å²) in [5.41, 5.74) is 6.92. The van der Waals surface area contributed by atoms with Crippen LogP contribution in [0.1, 0.15) is 31.2 Å². The van der Waals surface area contributed by atoms with Crippen molar-refractivity contribution in [1.29, 1.82) is 0 Å². The SMILES string of the molecule is Cc1cc(S(=O)(=O)Nc2ccncn2)c(F)cc1O[C@@H]1CCCC[C@H]1C1CNNC1. The van der Waals surface area contributed by atoms with Crippen LogP contribution < -0.4 is 20.3 Å². The van der Waals surface area contributed by atoms with Gasteiger partial charge in [-0.3, -0.25) is 15.6 Å². The second-order valence-electron chi connectivity index (χ2n) is 7.87. The van der Waals surface area contributed by atoms with Crippen molar-refractivity contribution in [3.8, 4) is 5.75 Å². The van der Waals surface area contributed by atoms with E-state index in [0.29, 0.717) is 23.1 Å². The molecule has 30 heavy (non-hydrogen) atoms. The minimum Gasteiger partial charge on any atom is -0.490 e. The molecule has 10 heteroatoms. The first-order chi connectivity index (χ1) is 14.4. The van der Waals surface area contributed by atoms with Crippen molar-refractivity contribution in [2.45, 2.75) is 43.6 Å². The second-order valence-corrected chi connectivity index (χ2v) is 9.53. The summed E-state index contributed by atoms with van der Waals surface area (Å²) in [4.78, 5) is 7.13. The Morgan fingerprint density at radius 3 is 2.70 bits per heavy atom. The number of anilines is 1. The average Bonchev–Trinajstić information content (AvgIpc) is 3.26. The van der Waals surface area contributed by atoms with Gasteiger partial charge in [-0.2, -0.15) is 0 Å². The summed E-state index contributed by atoms with van der Waals surface area (Å²) in [5, 5.41) is 0. The molecule has 1 aromatic carbocycles. The number of sulfonamides is 1. The Morgan fingerprint density at radius 2 is 1.97 bits per heavy atom. The third kappa shape index (κ3) is 4.55. The van der Waals surface area contributed by atoms with E-state index in [4.69, 9.17) is 4.74 Å². The number of ether oxygens (including phenoxy) is 1. The molecular formula is C20H26FN5O3S. The zero-order valence-corrected chi connectivity index (χ0v) is 17.6. The number of aromatic nitrogens is 2. The number of benzene rings is 1. The van der Waals surface area contributed by atoms with Crippen LogP contribution in [0.15, 0.2) is 35.6 Å². The lowest BCUT2D eigenvalue weighted by Crippen LogP contribution is -2.37. The number of aryl methyl sites for hydroxylation is 1. The van der Waals surface area contributed by atoms with E-state index in [1.807, 2.05) is 0 Å². The molecule has 0 unspecified atom stereocenters. The van der Waals surface area contributed by atoms with Gasteiger partial charge in [-0.25, -0.2) is 22.8 Å². The molecule has 0 bridgehead atoms.